The van der Waals surface area contributed by atoms with Crippen LogP contribution in [0.25, 0.3) is 0 Å². The van der Waals surface area contributed by atoms with Gasteiger partial charge >= 0.3 is 0 Å². The number of fused-ring (bicyclic) bond motifs is 1. The number of rotatable bonds is 4. The molecule has 1 aliphatic carbocycles. The van der Waals surface area contributed by atoms with Gasteiger partial charge < -0.3 is 10.1 Å². The van der Waals surface area contributed by atoms with Gasteiger partial charge in [0.1, 0.15) is 5.75 Å². The molecule has 2 aliphatic rings. The van der Waals surface area contributed by atoms with Crippen molar-refractivity contribution in [3.05, 3.63) is 29.3 Å². The van der Waals surface area contributed by atoms with Crippen LogP contribution in [0.2, 0.25) is 0 Å². The summed E-state index contributed by atoms with van der Waals surface area (Å²) < 4.78 is 5.43. The zero-order chi connectivity index (χ0) is 14.7. The standard InChI is InChI=1S/C18H28N2O/c1-3-19-18-16-13-15(21-2)9-8-14(16)12-17(18)20-10-6-4-5-7-11-20/h8-9,13,17-19H,3-7,10-12H2,1-2H3. The van der Waals surface area contributed by atoms with E-state index in [1.807, 2.05) is 0 Å². The van der Waals surface area contributed by atoms with Crippen LogP contribution in [0.4, 0.5) is 0 Å². The number of hydrogen-bond acceptors (Lipinski definition) is 3. The highest BCUT2D eigenvalue weighted by Crippen LogP contribution is 2.37. The lowest BCUT2D eigenvalue weighted by Crippen LogP contribution is -2.43. The number of hydrogen-bond donors (Lipinski definition) is 1. The minimum atomic E-state index is 0.457. The largest absolute Gasteiger partial charge is 0.497 e. The zero-order valence-corrected chi connectivity index (χ0v) is 13.4. The van der Waals surface area contributed by atoms with Crippen LogP contribution in [0.3, 0.4) is 0 Å². The number of nitrogens with zero attached hydrogens (tertiary/aromatic N) is 1. The Balaban J connectivity index is 1.84. The van der Waals surface area contributed by atoms with Crippen LogP contribution in [0.1, 0.15) is 49.8 Å². The van der Waals surface area contributed by atoms with Crippen molar-refractivity contribution in [1.82, 2.24) is 10.2 Å². The monoisotopic (exact) mass is 288 g/mol. The van der Waals surface area contributed by atoms with E-state index < -0.39 is 0 Å². The minimum absolute atomic E-state index is 0.457. The summed E-state index contributed by atoms with van der Waals surface area (Å²) in [6, 6.07) is 7.67. The highest BCUT2D eigenvalue weighted by Gasteiger charge is 2.36. The van der Waals surface area contributed by atoms with E-state index in [1.54, 1.807) is 7.11 Å². The fourth-order valence-corrected chi connectivity index (χ4v) is 3.96. The average molecular weight is 288 g/mol. The molecule has 0 spiro atoms. The van der Waals surface area contributed by atoms with Gasteiger partial charge in [-0.2, -0.15) is 0 Å². The van der Waals surface area contributed by atoms with E-state index in [-0.39, 0.29) is 0 Å². The van der Waals surface area contributed by atoms with Gasteiger partial charge in [-0.05, 0) is 62.2 Å². The Labute approximate surface area is 128 Å². The molecule has 3 nitrogen and oxygen atoms in total. The van der Waals surface area contributed by atoms with E-state index in [1.165, 1.54) is 56.3 Å². The highest BCUT2D eigenvalue weighted by atomic mass is 16.5. The molecular weight excluding hydrogens is 260 g/mol. The first-order chi connectivity index (χ1) is 10.3. The summed E-state index contributed by atoms with van der Waals surface area (Å²) in [4.78, 5) is 2.73. The molecule has 1 fully saturated rings. The molecule has 1 aromatic rings. The first-order valence-electron chi connectivity index (χ1n) is 8.47. The van der Waals surface area contributed by atoms with Crippen molar-refractivity contribution in [2.24, 2.45) is 0 Å². The van der Waals surface area contributed by atoms with E-state index in [0.29, 0.717) is 12.1 Å². The van der Waals surface area contributed by atoms with Crippen molar-refractivity contribution >= 4 is 0 Å². The molecular formula is C18H28N2O. The molecule has 0 amide bonds. The molecule has 0 aromatic heterocycles. The van der Waals surface area contributed by atoms with Crippen molar-refractivity contribution < 1.29 is 4.74 Å². The summed E-state index contributed by atoms with van der Waals surface area (Å²) in [5.74, 6) is 0.980. The molecule has 1 saturated heterocycles. The minimum Gasteiger partial charge on any atom is -0.497 e. The van der Waals surface area contributed by atoms with Crippen molar-refractivity contribution in [3.8, 4) is 5.75 Å². The van der Waals surface area contributed by atoms with Crippen LogP contribution >= 0.6 is 0 Å². The highest BCUT2D eigenvalue weighted by molar-refractivity contribution is 5.42. The maximum atomic E-state index is 5.43. The summed E-state index contributed by atoms with van der Waals surface area (Å²) in [5.41, 5.74) is 2.95. The maximum Gasteiger partial charge on any atom is 0.119 e. The molecule has 1 aromatic carbocycles. The van der Waals surface area contributed by atoms with Gasteiger partial charge in [0.2, 0.25) is 0 Å². The van der Waals surface area contributed by atoms with Crippen molar-refractivity contribution in [1.29, 1.82) is 0 Å². The van der Waals surface area contributed by atoms with Gasteiger partial charge in [0.05, 0.1) is 7.11 Å². The summed E-state index contributed by atoms with van der Waals surface area (Å²) in [7, 11) is 1.76. The van der Waals surface area contributed by atoms with Crippen molar-refractivity contribution in [2.45, 2.75) is 51.1 Å². The maximum absolute atomic E-state index is 5.43. The molecule has 3 rings (SSSR count). The SMILES string of the molecule is CCNC1c2cc(OC)ccc2CC1N1CCCCCC1. The van der Waals surface area contributed by atoms with Gasteiger partial charge in [-0.1, -0.05) is 25.8 Å². The first kappa shape index (κ1) is 14.9. The Morgan fingerprint density at radius 1 is 1.19 bits per heavy atom. The second-order valence-electron chi connectivity index (χ2n) is 6.32. The molecule has 0 bridgehead atoms. The van der Waals surface area contributed by atoms with Crippen molar-refractivity contribution in [3.63, 3.8) is 0 Å². The number of nitrogens with one attached hydrogen (secondary N) is 1. The number of likely N-dealkylation sites (N-methyl/N-ethyl adjacent to an activating group) is 1. The number of methoxy groups -OCH3 is 1. The third-order valence-electron chi connectivity index (χ3n) is 5.04. The van der Waals surface area contributed by atoms with Crippen LogP contribution < -0.4 is 10.1 Å². The topological polar surface area (TPSA) is 24.5 Å². The number of likely N-dealkylation sites (tertiary alicyclic amines) is 1. The van der Waals surface area contributed by atoms with Gasteiger partial charge in [0.25, 0.3) is 0 Å². The van der Waals surface area contributed by atoms with Crippen LogP contribution in [0, 0.1) is 0 Å². The Bertz CT molecular complexity index is 466. The van der Waals surface area contributed by atoms with Gasteiger partial charge in [-0.15, -0.1) is 0 Å². The van der Waals surface area contributed by atoms with Gasteiger partial charge in [-0.3, -0.25) is 4.90 Å². The molecule has 2 atom stereocenters. The molecule has 0 radical (unpaired) electrons. The molecule has 116 valence electrons. The molecule has 1 N–H and O–H groups in total. The van der Waals surface area contributed by atoms with Gasteiger partial charge in [0, 0.05) is 12.1 Å². The summed E-state index contributed by atoms with van der Waals surface area (Å²) in [5, 5.41) is 3.72. The lowest BCUT2D eigenvalue weighted by molar-refractivity contribution is 0.172. The van der Waals surface area contributed by atoms with E-state index in [9.17, 15) is 0 Å². The smallest absolute Gasteiger partial charge is 0.119 e. The number of benzene rings is 1. The molecule has 3 heteroatoms. The second-order valence-corrected chi connectivity index (χ2v) is 6.32. The fraction of sp³-hybridized carbons (Fsp3) is 0.667. The summed E-state index contributed by atoms with van der Waals surface area (Å²) >= 11 is 0. The van der Waals surface area contributed by atoms with Gasteiger partial charge in [0.15, 0.2) is 0 Å². The third kappa shape index (κ3) is 3.09. The molecule has 0 saturated carbocycles. The summed E-state index contributed by atoms with van der Waals surface area (Å²) in [6.45, 7) is 5.75. The second kappa shape index (κ2) is 6.80. The molecule has 2 unspecified atom stereocenters. The van der Waals surface area contributed by atoms with E-state index >= 15 is 0 Å². The Morgan fingerprint density at radius 3 is 2.62 bits per heavy atom. The lowest BCUT2D eigenvalue weighted by atomic mass is 10.1. The normalized spacial score (nSPS) is 26.4. The predicted octanol–water partition coefficient (Wildman–Crippen LogP) is 3.15. The fourth-order valence-electron chi connectivity index (χ4n) is 3.96. The third-order valence-corrected chi connectivity index (χ3v) is 5.04. The molecule has 21 heavy (non-hydrogen) atoms. The van der Waals surface area contributed by atoms with Crippen molar-refractivity contribution in [2.75, 3.05) is 26.7 Å². The molecule has 1 heterocycles. The van der Waals surface area contributed by atoms with E-state index in [2.05, 4.69) is 35.3 Å². The van der Waals surface area contributed by atoms with Crippen LogP contribution in [-0.2, 0) is 6.42 Å². The zero-order valence-electron chi connectivity index (χ0n) is 13.4. The van der Waals surface area contributed by atoms with Crippen LogP contribution in [0.5, 0.6) is 5.75 Å². The lowest BCUT2D eigenvalue weighted by Gasteiger charge is -2.32. The quantitative estimate of drug-likeness (QED) is 0.921. The van der Waals surface area contributed by atoms with Crippen LogP contribution in [0.15, 0.2) is 18.2 Å². The van der Waals surface area contributed by atoms with E-state index in [4.69, 9.17) is 4.74 Å². The summed E-state index contributed by atoms with van der Waals surface area (Å²) in [6.07, 6.45) is 6.69. The van der Waals surface area contributed by atoms with Crippen LogP contribution in [-0.4, -0.2) is 37.7 Å². The molecule has 1 aliphatic heterocycles. The Kier molecular flexibility index (Phi) is 4.81. The van der Waals surface area contributed by atoms with Gasteiger partial charge in [-0.25, -0.2) is 0 Å². The van der Waals surface area contributed by atoms with E-state index in [0.717, 1.165) is 12.3 Å². The Hall–Kier alpha value is -1.06. The Morgan fingerprint density at radius 2 is 1.95 bits per heavy atom. The first-order valence-corrected chi connectivity index (χ1v) is 8.47. The number of ether oxygens (including phenoxy) is 1. The average Bonchev–Trinajstić information content (AvgIpc) is 2.70. The predicted molar refractivity (Wildman–Crippen MR) is 86.9 cm³/mol.